The normalized spacial score (nSPS) is 19.1. The Bertz CT molecular complexity index is 2000. The Labute approximate surface area is 276 Å². The summed E-state index contributed by atoms with van der Waals surface area (Å²) in [5.41, 5.74) is 8.89. The third kappa shape index (κ3) is 5.46. The van der Waals surface area contributed by atoms with Gasteiger partial charge in [0, 0.05) is 21.2 Å². The zero-order valence-corrected chi connectivity index (χ0v) is 26.7. The summed E-state index contributed by atoms with van der Waals surface area (Å²) >= 11 is 3.51. The molecule has 2 amide bonds. The van der Waals surface area contributed by atoms with E-state index in [1.807, 2.05) is 34.9 Å². The highest BCUT2D eigenvalue weighted by Gasteiger charge is 2.36. The molecule has 2 atom stereocenters. The van der Waals surface area contributed by atoms with Gasteiger partial charge in [0.25, 0.3) is 11.8 Å². The van der Waals surface area contributed by atoms with Crippen LogP contribution in [0.25, 0.3) is 22.3 Å². The largest absolute Gasteiger partial charge is 0.483 e. The van der Waals surface area contributed by atoms with Crippen molar-refractivity contribution in [3.8, 4) is 33.8 Å². The minimum atomic E-state index is -0.397. The molecular weight excluding hydrogens is 674 g/mol. The van der Waals surface area contributed by atoms with Crippen molar-refractivity contribution in [1.82, 2.24) is 10.9 Å². The van der Waals surface area contributed by atoms with E-state index in [1.54, 1.807) is 55.5 Å². The molecule has 0 aliphatic carbocycles. The monoisotopic (exact) mass is 700 g/mol. The van der Waals surface area contributed by atoms with E-state index < -0.39 is 6.04 Å². The maximum atomic E-state index is 14.1. The number of benzene rings is 4. The Morgan fingerprint density at radius 3 is 1.83 bits per heavy atom. The topological polar surface area (TPSA) is 108 Å². The SMILES string of the molecule is C[C@@H]1C(=O)NN=C2COc3cc(-c4ccccc4F)c(Br)cc3N21.C[C@@H]1C(=O)NN=C2COc3cc(-c4ccccc4F)ccc3N21. The van der Waals surface area contributed by atoms with Crippen LogP contribution in [0.3, 0.4) is 0 Å². The molecule has 4 heterocycles. The summed E-state index contributed by atoms with van der Waals surface area (Å²) < 4.78 is 40.3. The van der Waals surface area contributed by atoms with Crippen molar-refractivity contribution in [2.75, 3.05) is 23.0 Å². The zero-order valence-electron chi connectivity index (χ0n) is 25.1. The molecule has 4 aromatic carbocycles. The highest BCUT2D eigenvalue weighted by molar-refractivity contribution is 9.10. The number of nitrogens with one attached hydrogen (secondary N) is 2. The smallest absolute Gasteiger partial charge is 0.262 e. The second-order valence-electron chi connectivity index (χ2n) is 11.1. The van der Waals surface area contributed by atoms with Gasteiger partial charge < -0.3 is 19.3 Å². The molecular formula is C34H27BrF2N6O4. The first-order valence-electron chi connectivity index (χ1n) is 14.8. The molecule has 0 aromatic heterocycles. The third-order valence-electron chi connectivity index (χ3n) is 8.27. The van der Waals surface area contributed by atoms with Crippen LogP contribution in [0.4, 0.5) is 20.2 Å². The number of rotatable bonds is 2. The van der Waals surface area contributed by atoms with E-state index in [2.05, 4.69) is 37.0 Å². The average Bonchev–Trinajstić information content (AvgIpc) is 3.08. The van der Waals surface area contributed by atoms with Gasteiger partial charge in [-0.3, -0.25) is 9.59 Å². The van der Waals surface area contributed by atoms with Crippen LogP contribution >= 0.6 is 15.9 Å². The summed E-state index contributed by atoms with van der Waals surface area (Å²) in [6, 6.07) is 21.5. The van der Waals surface area contributed by atoms with Crippen molar-refractivity contribution >= 4 is 50.8 Å². The van der Waals surface area contributed by atoms with Crippen molar-refractivity contribution in [3.63, 3.8) is 0 Å². The van der Waals surface area contributed by atoms with Gasteiger partial charge in [-0.2, -0.15) is 10.2 Å². The molecule has 0 unspecified atom stereocenters. The van der Waals surface area contributed by atoms with E-state index >= 15 is 0 Å². The maximum absolute atomic E-state index is 14.1. The van der Waals surface area contributed by atoms with E-state index in [-0.39, 0.29) is 42.7 Å². The lowest BCUT2D eigenvalue weighted by molar-refractivity contribution is -0.123. The van der Waals surface area contributed by atoms with Gasteiger partial charge in [0.1, 0.15) is 48.4 Å². The Kier molecular flexibility index (Phi) is 7.84. The van der Waals surface area contributed by atoms with E-state index in [1.165, 1.54) is 12.1 Å². The molecule has 0 spiro atoms. The van der Waals surface area contributed by atoms with Crippen LogP contribution in [0, 0.1) is 11.6 Å². The number of hydrazone groups is 2. The number of amides is 2. The number of hydrogen-bond acceptors (Lipinski definition) is 8. The molecule has 238 valence electrons. The summed E-state index contributed by atoms with van der Waals surface area (Å²) in [5, 5.41) is 8.08. The Balaban J connectivity index is 0.000000150. The predicted octanol–water partition coefficient (Wildman–Crippen LogP) is 5.81. The second-order valence-corrected chi connectivity index (χ2v) is 12.0. The molecule has 13 heteroatoms. The highest BCUT2D eigenvalue weighted by Crippen LogP contribution is 2.43. The van der Waals surface area contributed by atoms with Gasteiger partial charge in [0.2, 0.25) is 0 Å². The predicted molar refractivity (Wildman–Crippen MR) is 177 cm³/mol. The standard InChI is InChI=1S/C17H13BrFN3O2.C17H14FN3O2/c1-9-17(23)21-20-16-8-24-15-6-11(10-4-2-3-5-13(10)19)12(18)7-14(15)22(9)16;1-10-17(22)20-19-16-9-23-15-8-11(6-7-14(15)21(10)16)12-4-2-3-5-13(12)18/h2-7,9H,8H2,1H3,(H,21,23);2-8,10H,9H2,1H3,(H,20,22)/t9-;10-/m11/s1. The molecule has 2 N–H and O–H groups in total. The molecule has 8 rings (SSSR count). The molecule has 4 aromatic rings. The number of ether oxygens (including phenoxy) is 2. The van der Waals surface area contributed by atoms with Crippen LogP contribution < -0.4 is 30.1 Å². The Hall–Kier alpha value is -5.30. The molecule has 4 aliphatic heterocycles. The van der Waals surface area contributed by atoms with Crippen molar-refractivity contribution in [3.05, 3.63) is 95.0 Å². The van der Waals surface area contributed by atoms with Crippen molar-refractivity contribution in [1.29, 1.82) is 0 Å². The zero-order chi connectivity index (χ0) is 32.8. The summed E-state index contributed by atoms with van der Waals surface area (Å²) in [7, 11) is 0. The number of fused-ring (bicyclic) bond motifs is 6. The van der Waals surface area contributed by atoms with Crippen LogP contribution in [-0.2, 0) is 9.59 Å². The van der Waals surface area contributed by atoms with E-state index in [0.717, 1.165) is 21.4 Å². The minimum Gasteiger partial charge on any atom is -0.483 e. The summed E-state index contributed by atoms with van der Waals surface area (Å²) in [6.45, 7) is 4.12. The molecule has 0 saturated heterocycles. The molecule has 0 saturated carbocycles. The van der Waals surface area contributed by atoms with Crippen molar-refractivity contribution in [2.45, 2.75) is 25.9 Å². The van der Waals surface area contributed by atoms with Crippen LogP contribution in [-0.4, -0.2) is 48.8 Å². The summed E-state index contributed by atoms with van der Waals surface area (Å²) in [5.74, 6) is 1.57. The average molecular weight is 702 g/mol. The first kappa shape index (κ1) is 30.4. The second kappa shape index (κ2) is 12.1. The number of amidine groups is 2. The lowest BCUT2D eigenvalue weighted by atomic mass is 10.0. The van der Waals surface area contributed by atoms with Gasteiger partial charge in [0.15, 0.2) is 11.7 Å². The van der Waals surface area contributed by atoms with Gasteiger partial charge in [0.05, 0.1) is 11.4 Å². The van der Waals surface area contributed by atoms with Crippen molar-refractivity contribution in [2.24, 2.45) is 10.2 Å². The molecule has 47 heavy (non-hydrogen) atoms. The fourth-order valence-corrected chi connectivity index (χ4v) is 6.37. The number of halogens is 3. The quantitative estimate of drug-likeness (QED) is 0.274. The number of carbonyl (C=O) groups excluding carboxylic acids is 2. The van der Waals surface area contributed by atoms with Gasteiger partial charge in [-0.25, -0.2) is 19.6 Å². The van der Waals surface area contributed by atoms with Gasteiger partial charge >= 0.3 is 0 Å². The van der Waals surface area contributed by atoms with Crippen LogP contribution in [0.15, 0.2) is 93.5 Å². The van der Waals surface area contributed by atoms with Crippen LogP contribution in [0.2, 0.25) is 0 Å². The van der Waals surface area contributed by atoms with Gasteiger partial charge in [-0.1, -0.05) is 58.4 Å². The van der Waals surface area contributed by atoms with E-state index in [9.17, 15) is 18.4 Å². The number of hydrogen-bond donors (Lipinski definition) is 2. The minimum absolute atomic E-state index is 0.167. The molecule has 0 bridgehead atoms. The molecule has 0 radical (unpaired) electrons. The fraction of sp³-hybridized carbons (Fsp3) is 0.176. The lowest BCUT2D eigenvalue weighted by Crippen LogP contribution is -2.55. The van der Waals surface area contributed by atoms with E-state index in [0.29, 0.717) is 39.9 Å². The Morgan fingerprint density at radius 2 is 1.23 bits per heavy atom. The first-order chi connectivity index (χ1) is 22.7. The Morgan fingerprint density at radius 1 is 0.702 bits per heavy atom. The molecule has 4 aliphatic rings. The number of carbonyl (C=O) groups is 2. The summed E-state index contributed by atoms with van der Waals surface area (Å²) in [4.78, 5) is 27.4. The van der Waals surface area contributed by atoms with Gasteiger partial charge in [-0.15, -0.1) is 0 Å². The van der Waals surface area contributed by atoms with Crippen LogP contribution in [0.5, 0.6) is 11.5 Å². The van der Waals surface area contributed by atoms with Crippen molar-refractivity contribution < 1.29 is 27.8 Å². The number of nitrogens with zero attached hydrogens (tertiary/aromatic N) is 4. The lowest BCUT2D eigenvalue weighted by Gasteiger charge is -2.38. The van der Waals surface area contributed by atoms with E-state index in [4.69, 9.17) is 9.47 Å². The molecule has 0 fully saturated rings. The van der Waals surface area contributed by atoms with Crippen LogP contribution in [0.1, 0.15) is 13.8 Å². The summed E-state index contributed by atoms with van der Waals surface area (Å²) in [6.07, 6.45) is 0. The first-order valence-corrected chi connectivity index (χ1v) is 15.5. The third-order valence-corrected chi connectivity index (χ3v) is 8.93. The maximum Gasteiger partial charge on any atom is 0.262 e. The molecule has 10 nitrogen and oxygen atoms in total. The van der Waals surface area contributed by atoms with Gasteiger partial charge in [-0.05, 0) is 55.8 Å². The highest BCUT2D eigenvalue weighted by atomic mass is 79.9. The number of anilines is 2. The fourth-order valence-electron chi connectivity index (χ4n) is 5.82.